The quantitative estimate of drug-likeness (QED) is 0.456. The van der Waals surface area contributed by atoms with Crippen molar-refractivity contribution in [2.75, 3.05) is 13.7 Å². The summed E-state index contributed by atoms with van der Waals surface area (Å²) >= 11 is 1.58. The number of ether oxygens (including phenoxy) is 2. The van der Waals surface area contributed by atoms with Crippen molar-refractivity contribution in [3.63, 3.8) is 0 Å². The highest BCUT2D eigenvalue weighted by atomic mass is 32.2. The van der Waals surface area contributed by atoms with Crippen LogP contribution in [0.4, 0.5) is 0 Å². The van der Waals surface area contributed by atoms with E-state index in [0.29, 0.717) is 23.7 Å². The molecule has 27 heavy (non-hydrogen) atoms. The Morgan fingerprint density at radius 1 is 1.22 bits per heavy atom. The van der Waals surface area contributed by atoms with Crippen molar-refractivity contribution in [1.82, 2.24) is 20.0 Å². The van der Waals surface area contributed by atoms with Gasteiger partial charge in [0, 0.05) is 5.75 Å². The van der Waals surface area contributed by atoms with E-state index in [1.807, 2.05) is 36.4 Å². The van der Waals surface area contributed by atoms with Gasteiger partial charge in [-0.05, 0) is 43.7 Å². The lowest BCUT2D eigenvalue weighted by molar-refractivity contribution is 0.0525. The third kappa shape index (κ3) is 4.46. The summed E-state index contributed by atoms with van der Waals surface area (Å²) < 4.78 is 11.8. The molecule has 7 nitrogen and oxygen atoms in total. The molecule has 0 aliphatic heterocycles. The van der Waals surface area contributed by atoms with Crippen LogP contribution < -0.4 is 4.74 Å². The van der Waals surface area contributed by atoms with Crippen molar-refractivity contribution in [2.24, 2.45) is 0 Å². The molecule has 2 aromatic heterocycles. The summed E-state index contributed by atoms with van der Waals surface area (Å²) in [5.74, 6) is 1.76. The van der Waals surface area contributed by atoms with Gasteiger partial charge in [0.2, 0.25) is 0 Å². The molecule has 0 aliphatic carbocycles. The monoisotopic (exact) mass is 384 g/mol. The first-order chi connectivity index (χ1) is 13.1. The molecule has 140 valence electrons. The van der Waals surface area contributed by atoms with Gasteiger partial charge in [-0.25, -0.2) is 9.48 Å². The van der Waals surface area contributed by atoms with Crippen LogP contribution >= 0.6 is 11.8 Å². The van der Waals surface area contributed by atoms with Gasteiger partial charge in [-0.1, -0.05) is 23.9 Å². The number of hydrogen-bond acceptors (Lipinski definition) is 7. The Labute approximate surface area is 161 Å². The Bertz CT molecular complexity index is 925. The van der Waals surface area contributed by atoms with Gasteiger partial charge >= 0.3 is 5.97 Å². The summed E-state index contributed by atoms with van der Waals surface area (Å²) in [5.41, 5.74) is 2.24. The normalized spacial score (nSPS) is 10.6. The number of esters is 1. The molecule has 0 fully saturated rings. The highest BCUT2D eigenvalue weighted by Gasteiger charge is 2.16. The Morgan fingerprint density at radius 3 is 2.78 bits per heavy atom. The van der Waals surface area contributed by atoms with E-state index in [0.717, 1.165) is 22.1 Å². The van der Waals surface area contributed by atoms with Crippen LogP contribution in [0.1, 0.15) is 28.5 Å². The summed E-state index contributed by atoms with van der Waals surface area (Å²) in [6.07, 6.45) is 1.49. The largest absolute Gasteiger partial charge is 0.497 e. The van der Waals surface area contributed by atoms with Crippen LogP contribution in [0.3, 0.4) is 0 Å². The molecule has 0 N–H and O–H groups in total. The van der Waals surface area contributed by atoms with E-state index in [9.17, 15) is 4.79 Å². The lowest BCUT2D eigenvalue weighted by Crippen LogP contribution is -2.08. The van der Waals surface area contributed by atoms with Crippen LogP contribution in [0.2, 0.25) is 0 Å². The second-order valence-electron chi connectivity index (χ2n) is 5.65. The number of thioether (sulfide) groups is 1. The van der Waals surface area contributed by atoms with E-state index in [1.165, 1.54) is 6.20 Å². The maximum atomic E-state index is 11.9. The third-order valence-corrected chi connectivity index (χ3v) is 4.86. The molecule has 3 rings (SSSR count). The zero-order valence-corrected chi connectivity index (χ0v) is 16.2. The summed E-state index contributed by atoms with van der Waals surface area (Å²) in [6, 6.07) is 11.6. The summed E-state index contributed by atoms with van der Waals surface area (Å²) in [4.78, 5) is 11.9. The first-order valence-corrected chi connectivity index (χ1v) is 9.42. The van der Waals surface area contributed by atoms with E-state index >= 15 is 0 Å². The summed E-state index contributed by atoms with van der Waals surface area (Å²) in [5, 5.41) is 13.5. The number of methoxy groups -OCH3 is 1. The predicted octanol–water partition coefficient (Wildman–Crippen LogP) is 3.45. The van der Waals surface area contributed by atoms with Gasteiger partial charge in [0.1, 0.15) is 16.3 Å². The molecule has 1 aromatic carbocycles. The first-order valence-electron chi connectivity index (χ1n) is 8.44. The first kappa shape index (κ1) is 18.9. The topological polar surface area (TPSA) is 79.1 Å². The molecule has 3 aromatic rings. The van der Waals surface area contributed by atoms with Gasteiger partial charge in [-0.2, -0.15) is 5.10 Å². The van der Waals surface area contributed by atoms with Crippen LogP contribution in [0.25, 0.3) is 5.82 Å². The number of hydrogen-bond donors (Lipinski definition) is 0. The van der Waals surface area contributed by atoms with Gasteiger partial charge in [0.15, 0.2) is 5.82 Å². The van der Waals surface area contributed by atoms with Gasteiger partial charge in [0.05, 0.1) is 25.6 Å². The second kappa shape index (κ2) is 8.68. The molecular weight excluding hydrogens is 364 g/mol. The number of benzene rings is 1. The van der Waals surface area contributed by atoms with Gasteiger partial charge in [0.25, 0.3) is 0 Å². The smallest absolute Gasteiger partial charge is 0.341 e. The van der Waals surface area contributed by atoms with Crippen LogP contribution in [0, 0.1) is 6.92 Å². The number of aromatic nitrogens is 4. The molecule has 0 aliphatic rings. The number of rotatable bonds is 7. The van der Waals surface area contributed by atoms with E-state index in [-0.39, 0.29) is 5.97 Å². The van der Waals surface area contributed by atoms with Crippen molar-refractivity contribution in [3.05, 3.63) is 59.4 Å². The molecule has 2 heterocycles. The molecule has 0 amide bonds. The van der Waals surface area contributed by atoms with Crippen LogP contribution in [0.15, 0.2) is 47.6 Å². The average molecular weight is 384 g/mol. The lowest BCUT2D eigenvalue weighted by atomic mass is 10.2. The molecule has 0 saturated carbocycles. The molecule has 0 radical (unpaired) electrons. The van der Waals surface area contributed by atoms with Crippen molar-refractivity contribution in [1.29, 1.82) is 0 Å². The van der Waals surface area contributed by atoms with Gasteiger partial charge < -0.3 is 9.47 Å². The minimum Gasteiger partial charge on any atom is -0.497 e. The third-order valence-electron chi connectivity index (χ3n) is 3.87. The number of nitrogens with zero attached hydrogens (tertiary/aromatic N) is 4. The second-order valence-corrected chi connectivity index (χ2v) is 6.64. The maximum absolute atomic E-state index is 11.9. The average Bonchev–Trinajstić information content (AvgIpc) is 3.08. The van der Waals surface area contributed by atoms with Crippen LogP contribution in [-0.2, 0) is 10.5 Å². The fourth-order valence-electron chi connectivity index (χ4n) is 2.47. The zero-order valence-electron chi connectivity index (χ0n) is 15.4. The van der Waals surface area contributed by atoms with E-state index in [4.69, 9.17) is 9.47 Å². The maximum Gasteiger partial charge on any atom is 0.341 e. The molecule has 0 bridgehead atoms. The molecule has 0 unspecified atom stereocenters. The minimum atomic E-state index is -0.389. The fourth-order valence-corrected chi connectivity index (χ4v) is 3.23. The highest BCUT2D eigenvalue weighted by Crippen LogP contribution is 2.23. The number of carbonyl (C=O) groups is 1. The summed E-state index contributed by atoms with van der Waals surface area (Å²) in [7, 11) is 1.65. The fraction of sp³-hybridized carbons (Fsp3) is 0.263. The van der Waals surface area contributed by atoms with Crippen molar-refractivity contribution in [2.45, 2.75) is 24.6 Å². The molecule has 0 saturated heterocycles. The van der Waals surface area contributed by atoms with Crippen molar-refractivity contribution >= 4 is 17.7 Å². The summed E-state index contributed by atoms with van der Waals surface area (Å²) in [6.45, 7) is 3.89. The Hall–Kier alpha value is -2.87. The lowest BCUT2D eigenvalue weighted by Gasteiger charge is -2.06. The van der Waals surface area contributed by atoms with E-state index in [2.05, 4.69) is 15.3 Å². The van der Waals surface area contributed by atoms with Crippen LogP contribution in [-0.4, -0.2) is 39.7 Å². The molecular formula is C19H20N4O3S. The van der Waals surface area contributed by atoms with Crippen LogP contribution in [0.5, 0.6) is 5.75 Å². The highest BCUT2D eigenvalue weighted by molar-refractivity contribution is 7.98. The zero-order chi connectivity index (χ0) is 19.2. The van der Waals surface area contributed by atoms with Crippen molar-refractivity contribution in [3.8, 4) is 11.6 Å². The molecule has 8 heteroatoms. The molecule has 0 spiro atoms. The Kier molecular flexibility index (Phi) is 6.08. The minimum absolute atomic E-state index is 0.322. The van der Waals surface area contributed by atoms with Gasteiger partial charge in [-0.15, -0.1) is 10.2 Å². The van der Waals surface area contributed by atoms with Gasteiger partial charge in [-0.3, -0.25) is 0 Å². The Morgan fingerprint density at radius 2 is 2.07 bits per heavy atom. The van der Waals surface area contributed by atoms with E-state index < -0.39 is 0 Å². The SMILES string of the molecule is CCOC(=O)c1cnn(-c2ccc(SCc3cccc(OC)c3)nn2)c1C. The Balaban J connectivity index is 1.69. The molecule has 0 atom stereocenters. The van der Waals surface area contributed by atoms with Crippen molar-refractivity contribution < 1.29 is 14.3 Å². The standard InChI is InChI=1S/C19H20N4O3S/c1-4-26-19(24)16-11-20-23(13(16)2)17-8-9-18(22-21-17)27-12-14-6-5-7-15(10-14)25-3/h5-11H,4,12H2,1-3H3. The predicted molar refractivity (Wildman–Crippen MR) is 102 cm³/mol. The van der Waals surface area contributed by atoms with E-state index in [1.54, 1.807) is 37.4 Å². The number of carbonyl (C=O) groups excluding carboxylic acids is 1.